The summed E-state index contributed by atoms with van der Waals surface area (Å²) in [6.45, 7) is 3.10. The molecule has 120 valence electrons. The normalized spacial score (nSPS) is 16.4. The van der Waals surface area contributed by atoms with Crippen LogP contribution in [-0.2, 0) is 0 Å². The van der Waals surface area contributed by atoms with Gasteiger partial charge in [-0.1, -0.05) is 6.07 Å². The molecule has 0 aromatic heterocycles. The molecule has 1 saturated heterocycles. The molecule has 5 nitrogen and oxygen atoms in total. The van der Waals surface area contributed by atoms with Crippen molar-refractivity contribution in [2.45, 2.75) is 18.9 Å². The second-order valence-corrected chi connectivity index (χ2v) is 6.45. The number of carboxylic acids is 1. The van der Waals surface area contributed by atoms with E-state index < -0.39 is 5.97 Å². The lowest BCUT2D eigenvalue weighted by Crippen LogP contribution is -2.45. The topological polar surface area (TPSA) is 69.6 Å². The van der Waals surface area contributed by atoms with Gasteiger partial charge in [-0.05, 0) is 37.3 Å². The number of likely N-dealkylation sites (tertiary alicyclic amines) is 1. The van der Waals surface area contributed by atoms with Crippen LogP contribution in [0.15, 0.2) is 24.3 Å². The highest BCUT2D eigenvalue weighted by atomic mass is 32.2. The summed E-state index contributed by atoms with van der Waals surface area (Å²) in [6, 6.07) is 6.33. The maximum atomic E-state index is 12.2. The molecular formula is C16H22N2O3S. The van der Waals surface area contributed by atoms with Gasteiger partial charge in [0, 0.05) is 37.0 Å². The van der Waals surface area contributed by atoms with E-state index >= 15 is 0 Å². The van der Waals surface area contributed by atoms with Crippen molar-refractivity contribution in [3.63, 3.8) is 0 Å². The lowest BCUT2D eigenvalue weighted by Gasteiger charge is -2.32. The van der Waals surface area contributed by atoms with Gasteiger partial charge in [0.15, 0.2) is 0 Å². The molecule has 22 heavy (non-hydrogen) atoms. The van der Waals surface area contributed by atoms with Crippen molar-refractivity contribution in [3.8, 4) is 0 Å². The SMILES string of the molecule is CSCCN1CCC(NC(=O)c2cccc(C(=O)O)c2)CC1. The Morgan fingerprint density at radius 3 is 2.64 bits per heavy atom. The van der Waals surface area contributed by atoms with Gasteiger partial charge in [0.2, 0.25) is 0 Å². The molecular weight excluding hydrogens is 300 g/mol. The number of hydrogen-bond acceptors (Lipinski definition) is 4. The van der Waals surface area contributed by atoms with Crippen LogP contribution in [0.5, 0.6) is 0 Å². The number of carbonyl (C=O) groups excluding carboxylic acids is 1. The van der Waals surface area contributed by atoms with E-state index in [4.69, 9.17) is 5.11 Å². The number of amides is 1. The lowest BCUT2D eigenvalue weighted by molar-refractivity contribution is 0.0697. The molecule has 1 amide bonds. The average molecular weight is 322 g/mol. The Morgan fingerprint density at radius 2 is 2.00 bits per heavy atom. The molecule has 0 aliphatic carbocycles. The molecule has 2 N–H and O–H groups in total. The Hall–Kier alpha value is -1.53. The lowest BCUT2D eigenvalue weighted by atomic mass is 10.0. The fourth-order valence-electron chi connectivity index (χ4n) is 2.58. The Kier molecular flexibility index (Phi) is 6.27. The van der Waals surface area contributed by atoms with Crippen LogP contribution in [0.2, 0.25) is 0 Å². The van der Waals surface area contributed by atoms with E-state index in [1.807, 2.05) is 11.8 Å². The smallest absolute Gasteiger partial charge is 0.335 e. The zero-order valence-corrected chi connectivity index (χ0v) is 13.6. The zero-order valence-electron chi connectivity index (χ0n) is 12.7. The summed E-state index contributed by atoms with van der Waals surface area (Å²) >= 11 is 1.85. The standard InChI is InChI=1S/C16H22N2O3S/c1-22-10-9-18-7-5-14(6-8-18)17-15(19)12-3-2-4-13(11-12)16(20)21/h2-4,11,14H,5-10H2,1H3,(H,17,19)(H,20,21). The van der Waals surface area contributed by atoms with E-state index in [1.165, 1.54) is 12.1 Å². The summed E-state index contributed by atoms with van der Waals surface area (Å²) in [4.78, 5) is 25.6. The third-order valence-corrected chi connectivity index (χ3v) is 4.50. The molecule has 0 bridgehead atoms. The minimum absolute atomic E-state index is 0.138. The number of rotatable bonds is 6. The van der Waals surface area contributed by atoms with Gasteiger partial charge in [-0.3, -0.25) is 4.79 Å². The maximum absolute atomic E-state index is 12.2. The summed E-state index contributed by atoms with van der Waals surface area (Å²) in [6.07, 6.45) is 4.00. The summed E-state index contributed by atoms with van der Waals surface area (Å²) in [5, 5.41) is 12.0. The summed E-state index contributed by atoms with van der Waals surface area (Å²) < 4.78 is 0. The molecule has 1 aliphatic heterocycles. The number of carbonyl (C=O) groups is 2. The van der Waals surface area contributed by atoms with Crippen molar-refractivity contribution in [2.24, 2.45) is 0 Å². The van der Waals surface area contributed by atoms with Crippen LogP contribution in [0.25, 0.3) is 0 Å². The molecule has 0 atom stereocenters. The fourth-order valence-corrected chi connectivity index (χ4v) is 3.02. The van der Waals surface area contributed by atoms with Crippen LogP contribution < -0.4 is 5.32 Å². The molecule has 1 aromatic carbocycles. The first kappa shape index (κ1) is 16.8. The highest BCUT2D eigenvalue weighted by Gasteiger charge is 2.21. The van der Waals surface area contributed by atoms with Gasteiger partial charge in [0.25, 0.3) is 5.91 Å². The monoisotopic (exact) mass is 322 g/mol. The molecule has 0 unspecified atom stereocenters. The summed E-state index contributed by atoms with van der Waals surface area (Å²) in [7, 11) is 0. The van der Waals surface area contributed by atoms with Crippen LogP contribution in [0.4, 0.5) is 0 Å². The van der Waals surface area contributed by atoms with Crippen molar-refractivity contribution in [1.82, 2.24) is 10.2 Å². The minimum Gasteiger partial charge on any atom is -0.478 e. The number of aromatic carboxylic acids is 1. The van der Waals surface area contributed by atoms with Crippen molar-refractivity contribution in [2.75, 3.05) is 31.6 Å². The molecule has 0 saturated carbocycles. The molecule has 1 fully saturated rings. The molecule has 0 spiro atoms. The van der Waals surface area contributed by atoms with E-state index in [9.17, 15) is 9.59 Å². The van der Waals surface area contributed by atoms with Crippen LogP contribution in [0.3, 0.4) is 0 Å². The third kappa shape index (κ3) is 4.74. The van der Waals surface area contributed by atoms with Crippen LogP contribution >= 0.6 is 11.8 Å². The van der Waals surface area contributed by atoms with Crippen LogP contribution in [0.1, 0.15) is 33.6 Å². The van der Waals surface area contributed by atoms with Gasteiger partial charge in [0.1, 0.15) is 0 Å². The van der Waals surface area contributed by atoms with Gasteiger partial charge < -0.3 is 15.3 Å². The first-order chi connectivity index (χ1) is 10.6. The number of benzene rings is 1. The summed E-state index contributed by atoms with van der Waals surface area (Å²) in [5.41, 5.74) is 0.546. The molecule has 2 rings (SSSR count). The van der Waals surface area contributed by atoms with Gasteiger partial charge in [-0.25, -0.2) is 4.79 Å². The van der Waals surface area contributed by atoms with Gasteiger partial charge in [0.05, 0.1) is 5.56 Å². The van der Waals surface area contributed by atoms with E-state index in [-0.39, 0.29) is 17.5 Å². The average Bonchev–Trinajstić information content (AvgIpc) is 2.54. The zero-order chi connectivity index (χ0) is 15.9. The first-order valence-electron chi connectivity index (χ1n) is 7.45. The third-order valence-electron chi connectivity index (χ3n) is 3.91. The van der Waals surface area contributed by atoms with Crippen LogP contribution in [-0.4, -0.2) is 59.6 Å². The van der Waals surface area contributed by atoms with Crippen molar-refractivity contribution in [3.05, 3.63) is 35.4 Å². The Labute approximate surface area is 135 Å². The van der Waals surface area contributed by atoms with Gasteiger partial charge in [-0.15, -0.1) is 0 Å². The number of hydrogen-bond donors (Lipinski definition) is 2. The molecule has 1 aromatic rings. The van der Waals surface area contributed by atoms with E-state index in [2.05, 4.69) is 16.5 Å². The van der Waals surface area contributed by atoms with Crippen molar-refractivity contribution < 1.29 is 14.7 Å². The predicted octanol–water partition coefficient (Wildman–Crippen LogP) is 1.94. The van der Waals surface area contributed by atoms with E-state index in [0.717, 1.165) is 38.2 Å². The van der Waals surface area contributed by atoms with Crippen LogP contribution in [0, 0.1) is 0 Å². The fraction of sp³-hybridized carbons (Fsp3) is 0.500. The largest absolute Gasteiger partial charge is 0.478 e. The Balaban J connectivity index is 1.85. The molecule has 0 radical (unpaired) electrons. The molecule has 1 aliphatic rings. The second kappa shape index (κ2) is 8.19. The first-order valence-corrected chi connectivity index (χ1v) is 8.85. The van der Waals surface area contributed by atoms with Gasteiger partial charge >= 0.3 is 5.97 Å². The predicted molar refractivity (Wildman–Crippen MR) is 88.7 cm³/mol. The Morgan fingerprint density at radius 1 is 1.32 bits per heavy atom. The number of carboxylic acid groups (broad SMARTS) is 1. The highest BCUT2D eigenvalue weighted by Crippen LogP contribution is 2.12. The molecule has 1 heterocycles. The number of piperidine rings is 1. The summed E-state index contributed by atoms with van der Waals surface area (Å²) in [5.74, 6) is -0.0682. The minimum atomic E-state index is -1.02. The number of thioether (sulfide) groups is 1. The van der Waals surface area contributed by atoms with E-state index in [0.29, 0.717) is 5.56 Å². The molecule has 6 heteroatoms. The van der Waals surface area contributed by atoms with Crippen molar-refractivity contribution in [1.29, 1.82) is 0 Å². The maximum Gasteiger partial charge on any atom is 0.335 e. The quantitative estimate of drug-likeness (QED) is 0.838. The van der Waals surface area contributed by atoms with Crippen molar-refractivity contribution >= 4 is 23.6 Å². The second-order valence-electron chi connectivity index (χ2n) is 5.47. The number of nitrogens with one attached hydrogen (secondary N) is 1. The number of nitrogens with zero attached hydrogens (tertiary/aromatic N) is 1. The van der Waals surface area contributed by atoms with Gasteiger partial charge in [-0.2, -0.15) is 11.8 Å². The Bertz CT molecular complexity index is 528. The van der Waals surface area contributed by atoms with E-state index in [1.54, 1.807) is 12.1 Å². The highest BCUT2D eigenvalue weighted by molar-refractivity contribution is 7.98.